The van der Waals surface area contributed by atoms with Gasteiger partial charge in [-0.1, -0.05) is 15.9 Å². The second-order valence-corrected chi connectivity index (χ2v) is 7.01. The SMILES string of the molecule is CCn1ncc(Br)c1C(NC)c1cc(Br)ccc1I. The molecule has 0 radical (unpaired) electrons. The number of halogens is 3. The first-order chi connectivity index (χ1) is 9.08. The van der Waals surface area contributed by atoms with Gasteiger partial charge in [0.05, 0.1) is 22.4 Å². The molecule has 2 aromatic rings. The van der Waals surface area contributed by atoms with Crippen LogP contribution in [0.2, 0.25) is 0 Å². The van der Waals surface area contributed by atoms with Gasteiger partial charge in [0.2, 0.25) is 0 Å². The molecule has 102 valence electrons. The molecule has 3 nitrogen and oxygen atoms in total. The van der Waals surface area contributed by atoms with Crippen molar-refractivity contribution in [2.45, 2.75) is 19.5 Å². The zero-order chi connectivity index (χ0) is 14.0. The van der Waals surface area contributed by atoms with E-state index in [0.717, 1.165) is 21.2 Å². The molecule has 0 aliphatic heterocycles. The highest BCUT2D eigenvalue weighted by Crippen LogP contribution is 2.32. The molecule has 0 amide bonds. The van der Waals surface area contributed by atoms with Crippen molar-refractivity contribution in [3.63, 3.8) is 0 Å². The van der Waals surface area contributed by atoms with Crippen molar-refractivity contribution >= 4 is 54.5 Å². The minimum Gasteiger partial charge on any atom is -0.308 e. The number of hydrogen-bond donors (Lipinski definition) is 1. The van der Waals surface area contributed by atoms with Gasteiger partial charge < -0.3 is 5.32 Å². The molecule has 1 aromatic carbocycles. The van der Waals surface area contributed by atoms with Crippen molar-refractivity contribution in [2.75, 3.05) is 7.05 Å². The zero-order valence-electron chi connectivity index (χ0n) is 10.6. The fourth-order valence-electron chi connectivity index (χ4n) is 2.09. The van der Waals surface area contributed by atoms with Crippen LogP contribution in [0.3, 0.4) is 0 Å². The van der Waals surface area contributed by atoms with Crippen molar-refractivity contribution in [3.8, 4) is 0 Å². The van der Waals surface area contributed by atoms with Crippen LogP contribution >= 0.6 is 54.5 Å². The Hall–Kier alpha value is 0.0800. The molecule has 1 unspecified atom stereocenters. The second kappa shape index (κ2) is 6.69. The molecule has 1 N–H and O–H groups in total. The number of aryl methyl sites for hydroxylation is 1. The Morgan fingerprint density at radius 3 is 2.79 bits per heavy atom. The Morgan fingerprint density at radius 2 is 2.16 bits per heavy atom. The van der Waals surface area contributed by atoms with Crippen LogP contribution in [-0.4, -0.2) is 16.8 Å². The summed E-state index contributed by atoms with van der Waals surface area (Å²) in [4.78, 5) is 0. The number of aromatic nitrogens is 2. The van der Waals surface area contributed by atoms with Crippen molar-refractivity contribution in [3.05, 3.63) is 48.2 Å². The third-order valence-corrected chi connectivity index (χ3v) is 5.05. The van der Waals surface area contributed by atoms with Gasteiger partial charge in [0.1, 0.15) is 0 Å². The van der Waals surface area contributed by atoms with E-state index in [4.69, 9.17) is 0 Å². The lowest BCUT2D eigenvalue weighted by molar-refractivity contribution is 0.560. The van der Waals surface area contributed by atoms with Crippen molar-refractivity contribution in [1.82, 2.24) is 15.1 Å². The minimum absolute atomic E-state index is 0.112. The Morgan fingerprint density at radius 1 is 1.42 bits per heavy atom. The molecule has 0 fully saturated rings. The van der Waals surface area contributed by atoms with Gasteiger partial charge in [0.25, 0.3) is 0 Å². The summed E-state index contributed by atoms with van der Waals surface area (Å²) >= 11 is 9.52. The molecule has 0 bridgehead atoms. The first-order valence-corrected chi connectivity index (χ1v) is 8.58. The van der Waals surface area contributed by atoms with Crippen LogP contribution in [0.5, 0.6) is 0 Å². The van der Waals surface area contributed by atoms with Crippen LogP contribution in [0.4, 0.5) is 0 Å². The third kappa shape index (κ3) is 3.22. The summed E-state index contributed by atoms with van der Waals surface area (Å²) in [6.45, 7) is 2.95. The van der Waals surface area contributed by atoms with Gasteiger partial charge in [-0.3, -0.25) is 4.68 Å². The molecule has 6 heteroatoms. The molecule has 1 atom stereocenters. The summed E-state index contributed by atoms with van der Waals surface area (Å²) in [7, 11) is 1.97. The third-order valence-electron chi connectivity index (χ3n) is 2.96. The fourth-order valence-corrected chi connectivity index (χ4v) is 3.64. The maximum Gasteiger partial charge on any atom is 0.0768 e. The topological polar surface area (TPSA) is 29.9 Å². The molecular formula is C13H14Br2IN3. The lowest BCUT2D eigenvalue weighted by Gasteiger charge is -2.20. The first-order valence-electron chi connectivity index (χ1n) is 5.91. The molecular weight excluding hydrogens is 485 g/mol. The van der Waals surface area contributed by atoms with Gasteiger partial charge in [0, 0.05) is 14.6 Å². The largest absolute Gasteiger partial charge is 0.308 e. The van der Waals surface area contributed by atoms with E-state index >= 15 is 0 Å². The predicted octanol–water partition coefficient (Wildman–Crippen LogP) is 4.34. The highest BCUT2D eigenvalue weighted by Gasteiger charge is 2.22. The molecule has 0 aliphatic carbocycles. The van der Waals surface area contributed by atoms with Crippen LogP contribution < -0.4 is 5.32 Å². The Bertz CT molecular complexity index is 583. The number of hydrogen-bond acceptors (Lipinski definition) is 2. The van der Waals surface area contributed by atoms with Gasteiger partial charge in [0.15, 0.2) is 0 Å². The van der Waals surface area contributed by atoms with E-state index in [1.807, 2.05) is 17.9 Å². The van der Waals surface area contributed by atoms with Gasteiger partial charge in [-0.15, -0.1) is 0 Å². The molecule has 0 saturated heterocycles. The molecule has 0 spiro atoms. The Balaban J connectivity index is 2.56. The van der Waals surface area contributed by atoms with Crippen molar-refractivity contribution < 1.29 is 0 Å². The van der Waals surface area contributed by atoms with Crippen LogP contribution in [-0.2, 0) is 6.54 Å². The molecule has 1 heterocycles. The summed E-state index contributed by atoms with van der Waals surface area (Å²) in [6, 6.07) is 6.44. The molecule has 2 rings (SSSR count). The summed E-state index contributed by atoms with van der Waals surface area (Å²) in [5.41, 5.74) is 2.40. The Labute approximate surface area is 143 Å². The zero-order valence-corrected chi connectivity index (χ0v) is 16.0. The van der Waals surface area contributed by atoms with E-state index < -0.39 is 0 Å². The van der Waals surface area contributed by atoms with E-state index in [2.05, 4.69) is 90.0 Å². The highest BCUT2D eigenvalue weighted by atomic mass is 127. The monoisotopic (exact) mass is 497 g/mol. The first kappa shape index (κ1) is 15.5. The fraction of sp³-hybridized carbons (Fsp3) is 0.308. The van der Waals surface area contributed by atoms with Gasteiger partial charge in [-0.05, 0) is 76.3 Å². The minimum atomic E-state index is 0.112. The highest BCUT2D eigenvalue weighted by molar-refractivity contribution is 14.1. The average Bonchev–Trinajstić information content (AvgIpc) is 2.76. The molecule has 0 saturated carbocycles. The van der Waals surface area contributed by atoms with Crippen LogP contribution in [0.15, 0.2) is 33.3 Å². The van der Waals surface area contributed by atoms with E-state index in [9.17, 15) is 0 Å². The molecule has 1 aromatic heterocycles. The van der Waals surface area contributed by atoms with Gasteiger partial charge in [-0.25, -0.2) is 0 Å². The van der Waals surface area contributed by atoms with Gasteiger partial charge >= 0.3 is 0 Å². The van der Waals surface area contributed by atoms with E-state index in [-0.39, 0.29) is 6.04 Å². The number of nitrogens with zero attached hydrogens (tertiary/aromatic N) is 2. The summed E-state index contributed by atoms with van der Waals surface area (Å²) in [5.74, 6) is 0. The van der Waals surface area contributed by atoms with Crippen molar-refractivity contribution in [1.29, 1.82) is 0 Å². The quantitative estimate of drug-likeness (QED) is 0.636. The lowest BCUT2D eigenvalue weighted by Crippen LogP contribution is -2.22. The molecule has 19 heavy (non-hydrogen) atoms. The maximum atomic E-state index is 4.40. The smallest absolute Gasteiger partial charge is 0.0768 e. The number of rotatable bonds is 4. The normalized spacial score (nSPS) is 12.7. The number of nitrogens with one attached hydrogen (secondary N) is 1. The predicted molar refractivity (Wildman–Crippen MR) is 93.4 cm³/mol. The number of benzene rings is 1. The lowest BCUT2D eigenvalue weighted by atomic mass is 10.0. The van der Waals surface area contributed by atoms with E-state index in [0.29, 0.717) is 0 Å². The van der Waals surface area contributed by atoms with E-state index in [1.165, 1.54) is 9.13 Å². The van der Waals surface area contributed by atoms with Crippen LogP contribution in [0.1, 0.15) is 24.2 Å². The summed E-state index contributed by atoms with van der Waals surface area (Å²) in [6.07, 6.45) is 1.86. The second-order valence-electron chi connectivity index (χ2n) is 4.08. The summed E-state index contributed by atoms with van der Waals surface area (Å²) < 4.78 is 5.37. The van der Waals surface area contributed by atoms with Gasteiger partial charge in [-0.2, -0.15) is 5.10 Å². The maximum absolute atomic E-state index is 4.40. The van der Waals surface area contributed by atoms with Crippen LogP contribution in [0.25, 0.3) is 0 Å². The average molecular weight is 499 g/mol. The van der Waals surface area contributed by atoms with E-state index in [1.54, 1.807) is 0 Å². The summed E-state index contributed by atoms with van der Waals surface area (Å²) in [5, 5.41) is 7.78. The molecule has 0 aliphatic rings. The van der Waals surface area contributed by atoms with Crippen molar-refractivity contribution in [2.24, 2.45) is 0 Å². The van der Waals surface area contributed by atoms with Crippen LogP contribution in [0, 0.1) is 3.57 Å². The Kier molecular flexibility index (Phi) is 5.45. The standard InChI is InChI=1S/C13H14Br2IN3/c1-3-19-13(10(15)7-18-19)12(17-2)9-6-8(14)4-5-11(9)16/h4-7,12,17H,3H2,1-2H3.